The minimum Gasteiger partial charge on any atom is -0.311 e. The SMILES string of the molecule is CSCCN1CC(C(C)(C)C)NCC1Cc1ccccc1. The molecule has 0 aliphatic carbocycles. The highest BCUT2D eigenvalue weighted by molar-refractivity contribution is 7.98. The molecule has 2 nitrogen and oxygen atoms in total. The molecule has 1 N–H and O–H groups in total. The molecule has 1 fully saturated rings. The molecule has 0 bridgehead atoms. The highest BCUT2D eigenvalue weighted by atomic mass is 32.2. The van der Waals surface area contributed by atoms with E-state index in [-0.39, 0.29) is 0 Å². The van der Waals surface area contributed by atoms with Crippen molar-refractivity contribution in [2.45, 2.75) is 39.3 Å². The van der Waals surface area contributed by atoms with Crippen LogP contribution in [0.5, 0.6) is 0 Å². The minimum absolute atomic E-state index is 0.329. The molecule has 1 heterocycles. The largest absolute Gasteiger partial charge is 0.311 e. The van der Waals surface area contributed by atoms with Crippen LogP contribution in [0.2, 0.25) is 0 Å². The maximum absolute atomic E-state index is 3.79. The average Bonchev–Trinajstić information content (AvgIpc) is 2.46. The topological polar surface area (TPSA) is 15.3 Å². The van der Waals surface area contributed by atoms with Crippen LogP contribution in [-0.4, -0.2) is 48.6 Å². The molecule has 1 aliphatic heterocycles. The van der Waals surface area contributed by atoms with Gasteiger partial charge in [0.25, 0.3) is 0 Å². The molecule has 1 saturated heterocycles. The maximum atomic E-state index is 3.79. The van der Waals surface area contributed by atoms with E-state index in [0.29, 0.717) is 17.5 Å². The Bertz CT molecular complexity index is 413. The van der Waals surface area contributed by atoms with Crippen LogP contribution in [0, 0.1) is 5.41 Å². The molecule has 1 aromatic carbocycles. The van der Waals surface area contributed by atoms with Crippen LogP contribution < -0.4 is 5.32 Å². The van der Waals surface area contributed by atoms with E-state index < -0.39 is 0 Å². The van der Waals surface area contributed by atoms with E-state index >= 15 is 0 Å². The van der Waals surface area contributed by atoms with Crippen molar-refractivity contribution in [3.8, 4) is 0 Å². The van der Waals surface area contributed by atoms with E-state index in [0.717, 1.165) is 13.0 Å². The number of hydrogen-bond acceptors (Lipinski definition) is 3. The Morgan fingerprint density at radius 2 is 1.95 bits per heavy atom. The maximum Gasteiger partial charge on any atom is 0.0262 e. The molecule has 118 valence electrons. The Morgan fingerprint density at radius 1 is 1.24 bits per heavy atom. The predicted octanol–water partition coefficient (Wildman–Crippen LogP) is 3.28. The van der Waals surface area contributed by atoms with Gasteiger partial charge in [0, 0.05) is 37.5 Å². The van der Waals surface area contributed by atoms with E-state index in [4.69, 9.17) is 0 Å². The molecule has 2 atom stereocenters. The van der Waals surface area contributed by atoms with Crippen LogP contribution in [0.4, 0.5) is 0 Å². The van der Waals surface area contributed by atoms with E-state index in [1.54, 1.807) is 0 Å². The summed E-state index contributed by atoms with van der Waals surface area (Å²) in [5, 5.41) is 3.79. The van der Waals surface area contributed by atoms with Crippen LogP contribution in [0.1, 0.15) is 26.3 Å². The van der Waals surface area contributed by atoms with Crippen LogP contribution in [0.3, 0.4) is 0 Å². The monoisotopic (exact) mass is 306 g/mol. The summed E-state index contributed by atoms with van der Waals surface area (Å²) in [5.74, 6) is 1.22. The van der Waals surface area contributed by atoms with E-state index in [2.05, 4.69) is 67.6 Å². The zero-order chi connectivity index (χ0) is 15.3. The van der Waals surface area contributed by atoms with Crippen molar-refractivity contribution in [1.82, 2.24) is 10.2 Å². The van der Waals surface area contributed by atoms with Crippen molar-refractivity contribution in [3.05, 3.63) is 35.9 Å². The highest BCUT2D eigenvalue weighted by Gasteiger charge is 2.33. The third kappa shape index (κ3) is 5.01. The zero-order valence-corrected chi connectivity index (χ0v) is 14.7. The second kappa shape index (κ2) is 7.66. The van der Waals surface area contributed by atoms with Gasteiger partial charge in [-0.2, -0.15) is 11.8 Å². The summed E-state index contributed by atoms with van der Waals surface area (Å²) in [4.78, 5) is 2.70. The van der Waals surface area contributed by atoms with Gasteiger partial charge in [-0.1, -0.05) is 51.1 Å². The first kappa shape index (κ1) is 16.9. The fourth-order valence-electron chi connectivity index (χ4n) is 3.01. The summed E-state index contributed by atoms with van der Waals surface area (Å²) in [7, 11) is 0. The number of thioether (sulfide) groups is 1. The summed E-state index contributed by atoms with van der Waals surface area (Å²) >= 11 is 1.95. The Labute approximate surface area is 134 Å². The number of rotatable bonds is 5. The van der Waals surface area contributed by atoms with Crippen LogP contribution in [0.25, 0.3) is 0 Å². The molecule has 2 unspecified atom stereocenters. The molecule has 0 spiro atoms. The van der Waals surface area contributed by atoms with Gasteiger partial charge in [-0.15, -0.1) is 0 Å². The Kier molecular flexibility index (Phi) is 6.15. The van der Waals surface area contributed by atoms with Crippen LogP contribution >= 0.6 is 11.8 Å². The van der Waals surface area contributed by atoms with Crippen molar-refractivity contribution >= 4 is 11.8 Å². The lowest BCUT2D eigenvalue weighted by molar-refractivity contribution is 0.0913. The number of hydrogen-bond donors (Lipinski definition) is 1. The second-order valence-corrected chi connectivity index (χ2v) is 8.14. The van der Waals surface area contributed by atoms with Crippen LogP contribution in [-0.2, 0) is 6.42 Å². The molecule has 0 amide bonds. The fourth-order valence-corrected chi connectivity index (χ4v) is 3.42. The minimum atomic E-state index is 0.329. The highest BCUT2D eigenvalue weighted by Crippen LogP contribution is 2.24. The van der Waals surface area contributed by atoms with Gasteiger partial charge in [-0.3, -0.25) is 4.90 Å². The molecular formula is C18H30N2S. The summed E-state index contributed by atoms with van der Waals surface area (Å²) in [6, 6.07) is 12.1. The molecule has 1 aliphatic rings. The molecule has 21 heavy (non-hydrogen) atoms. The van der Waals surface area contributed by atoms with Crippen molar-refractivity contribution < 1.29 is 0 Å². The van der Waals surface area contributed by atoms with Gasteiger partial charge < -0.3 is 5.32 Å². The van der Waals surface area contributed by atoms with Crippen molar-refractivity contribution in [2.24, 2.45) is 5.41 Å². The quantitative estimate of drug-likeness (QED) is 0.899. The molecule has 0 radical (unpaired) electrons. The zero-order valence-electron chi connectivity index (χ0n) is 13.9. The van der Waals surface area contributed by atoms with Gasteiger partial charge >= 0.3 is 0 Å². The van der Waals surface area contributed by atoms with Gasteiger partial charge in [0.2, 0.25) is 0 Å². The van der Waals surface area contributed by atoms with Crippen molar-refractivity contribution in [3.63, 3.8) is 0 Å². The number of piperazine rings is 1. The molecule has 0 saturated carbocycles. The number of nitrogens with one attached hydrogen (secondary N) is 1. The summed E-state index contributed by atoms with van der Waals surface area (Å²) in [6.45, 7) is 10.5. The van der Waals surface area contributed by atoms with Crippen molar-refractivity contribution in [2.75, 3.05) is 31.6 Å². The van der Waals surface area contributed by atoms with Gasteiger partial charge in [0.05, 0.1) is 0 Å². The molecule has 3 heteroatoms. The Morgan fingerprint density at radius 3 is 2.57 bits per heavy atom. The summed E-state index contributed by atoms with van der Waals surface area (Å²) in [6.07, 6.45) is 3.36. The molecular weight excluding hydrogens is 276 g/mol. The first-order chi connectivity index (χ1) is 10.0. The van der Waals surface area contributed by atoms with Gasteiger partial charge in [0.1, 0.15) is 0 Å². The van der Waals surface area contributed by atoms with Gasteiger partial charge in [-0.25, -0.2) is 0 Å². The summed E-state index contributed by atoms with van der Waals surface area (Å²) in [5.41, 5.74) is 1.78. The van der Waals surface area contributed by atoms with Gasteiger partial charge in [-0.05, 0) is 23.7 Å². The van der Waals surface area contributed by atoms with E-state index in [1.165, 1.54) is 24.4 Å². The number of nitrogens with zero attached hydrogens (tertiary/aromatic N) is 1. The normalized spacial score (nSPS) is 24.2. The Hall–Kier alpha value is -0.510. The fraction of sp³-hybridized carbons (Fsp3) is 0.667. The Balaban J connectivity index is 2.02. The molecule has 2 rings (SSSR count). The third-order valence-electron chi connectivity index (χ3n) is 4.48. The van der Waals surface area contributed by atoms with Gasteiger partial charge in [0.15, 0.2) is 0 Å². The van der Waals surface area contributed by atoms with Crippen molar-refractivity contribution in [1.29, 1.82) is 0 Å². The van der Waals surface area contributed by atoms with Crippen LogP contribution in [0.15, 0.2) is 30.3 Å². The lowest BCUT2D eigenvalue weighted by atomic mass is 9.84. The third-order valence-corrected chi connectivity index (χ3v) is 5.07. The van der Waals surface area contributed by atoms with E-state index in [9.17, 15) is 0 Å². The average molecular weight is 307 g/mol. The standard InChI is InChI=1S/C18H30N2S/c1-18(2,3)17-14-20(10-11-21-4)16(13-19-17)12-15-8-6-5-7-9-15/h5-9,16-17,19H,10-14H2,1-4H3. The molecule has 1 aromatic rings. The second-order valence-electron chi connectivity index (χ2n) is 7.16. The lowest BCUT2D eigenvalue weighted by Gasteiger charge is -2.45. The predicted molar refractivity (Wildman–Crippen MR) is 95.1 cm³/mol. The lowest BCUT2D eigenvalue weighted by Crippen LogP contribution is -2.61. The first-order valence-corrected chi connectivity index (χ1v) is 9.40. The van der Waals surface area contributed by atoms with E-state index in [1.807, 2.05) is 11.8 Å². The number of benzene rings is 1. The molecule has 0 aromatic heterocycles. The smallest absolute Gasteiger partial charge is 0.0262 e. The first-order valence-electron chi connectivity index (χ1n) is 8.01. The summed E-state index contributed by atoms with van der Waals surface area (Å²) < 4.78 is 0.